The van der Waals surface area contributed by atoms with Crippen LogP contribution in [0.15, 0.2) is 50.1 Å². The van der Waals surface area contributed by atoms with Crippen LogP contribution in [0.4, 0.5) is 0 Å². The summed E-state index contributed by atoms with van der Waals surface area (Å²) in [6, 6.07) is 0. The summed E-state index contributed by atoms with van der Waals surface area (Å²) in [5.74, 6) is 0. The Morgan fingerprint density at radius 2 is 1.32 bits per heavy atom. The molecule has 0 amide bonds. The summed E-state index contributed by atoms with van der Waals surface area (Å²) in [5.41, 5.74) is 0. The summed E-state index contributed by atoms with van der Waals surface area (Å²) in [6.07, 6.45) is 12.7. The van der Waals surface area contributed by atoms with Gasteiger partial charge in [-0.15, -0.1) is 13.2 Å². The van der Waals surface area contributed by atoms with Gasteiger partial charge < -0.3 is 43.8 Å². The summed E-state index contributed by atoms with van der Waals surface area (Å²) in [7, 11) is 0. The summed E-state index contributed by atoms with van der Waals surface area (Å²) in [6.45, 7) is 12.6. The first-order chi connectivity index (χ1) is 8.31. The highest BCUT2D eigenvalue weighted by atomic mass is 79.9. The average molecular weight is 394 g/mol. The molecule has 0 radical (unpaired) electrons. The largest absolute Gasteiger partial charge is 1.00 e. The Hall–Kier alpha value is -0.560. The Kier molecular flexibility index (Phi) is 9.08. The molecule has 4 nitrogen and oxygen atoms in total. The van der Waals surface area contributed by atoms with Gasteiger partial charge in [0.05, 0.1) is 12.4 Å². The molecule has 0 aromatic carbocycles. The second-order valence-electron chi connectivity index (χ2n) is 4.56. The van der Waals surface area contributed by atoms with Crippen molar-refractivity contribution >= 4 is 0 Å². The SMILES string of the molecule is C=CCN1C=C[NH+](C[NH+]2C=CN(CC=C)C2)C1.[Br-].[Br-]. The molecule has 0 saturated carbocycles. The van der Waals surface area contributed by atoms with Crippen LogP contribution in [0.25, 0.3) is 0 Å². The lowest BCUT2D eigenvalue weighted by Gasteiger charge is -2.19. The van der Waals surface area contributed by atoms with E-state index in [1.807, 2.05) is 12.2 Å². The molecule has 2 unspecified atom stereocenters. The lowest BCUT2D eigenvalue weighted by Crippen LogP contribution is -3.27. The number of nitrogens with zero attached hydrogens (tertiary/aromatic N) is 2. The van der Waals surface area contributed by atoms with E-state index < -0.39 is 0 Å². The summed E-state index contributed by atoms with van der Waals surface area (Å²) < 4.78 is 0. The predicted octanol–water partition coefficient (Wildman–Crippen LogP) is -7.42. The normalized spacial score (nSPS) is 24.0. The molecule has 2 N–H and O–H groups in total. The number of hydrogen-bond acceptors (Lipinski definition) is 2. The van der Waals surface area contributed by atoms with Crippen LogP contribution in [0.3, 0.4) is 0 Å². The molecule has 0 aromatic rings. The van der Waals surface area contributed by atoms with Crippen molar-refractivity contribution in [3.8, 4) is 0 Å². The van der Waals surface area contributed by atoms with Crippen molar-refractivity contribution in [1.82, 2.24) is 9.80 Å². The molecule has 2 rings (SSSR count). The van der Waals surface area contributed by atoms with Gasteiger partial charge in [-0.1, -0.05) is 12.2 Å². The Morgan fingerprint density at radius 3 is 1.68 bits per heavy atom. The molecule has 0 spiro atoms. The molecule has 0 aromatic heterocycles. The highest BCUT2D eigenvalue weighted by Crippen LogP contribution is 1.90. The molecule has 0 bridgehead atoms. The first-order valence-electron chi connectivity index (χ1n) is 6.07. The average Bonchev–Trinajstić information content (AvgIpc) is 2.91. The number of quaternary nitrogens is 2. The smallest absolute Gasteiger partial charge is 0.215 e. The lowest BCUT2D eigenvalue weighted by atomic mass is 10.6. The fraction of sp³-hybridized carbons (Fsp3) is 0.385. The molecule has 0 aliphatic carbocycles. The van der Waals surface area contributed by atoms with E-state index in [1.165, 1.54) is 9.80 Å². The van der Waals surface area contributed by atoms with E-state index >= 15 is 0 Å². The van der Waals surface area contributed by atoms with E-state index in [1.54, 1.807) is 0 Å². The standard InChI is InChI=1S/C13H20N4.2BrH/c1-3-5-14-7-9-16(11-14)13-17-10-8-15(12-17)6-4-2;;/h3-4,7-10H,1-2,5-6,11-13H2;2*1H. The maximum absolute atomic E-state index is 3.77. The van der Waals surface area contributed by atoms with Crippen LogP contribution in [-0.4, -0.2) is 42.9 Å². The zero-order valence-electron chi connectivity index (χ0n) is 11.1. The Balaban J connectivity index is 0.00000162. The maximum Gasteiger partial charge on any atom is 0.215 e. The first kappa shape index (κ1) is 18.4. The molecule has 0 fully saturated rings. The van der Waals surface area contributed by atoms with E-state index in [-0.39, 0.29) is 34.0 Å². The molecule has 2 atom stereocenters. The van der Waals surface area contributed by atoms with Crippen molar-refractivity contribution in [3.05, 3.63) is 50.1 Å². The summed E-state index contributed by atoms with van der Waals surface area (Å²) in [5, 5.41) is 0. The molecule has 2 aliphatic rings. The zero-order chi connectivity index (χ0) is 12.1. The van der Waals surface area contributed by atoms with Crippen molar-refractivity contribution < 1.29 is 43.8 Å². The van der Waals surface area contributed by atoms with Crippen LogP contribution in [0.2, 0.25) is 0 Å². The van der Waals surface area contributed by atoms with Gasteiger partial charge in [0.25, 0.3) is 0 Å². The minimum atomic E-state index is 0. The van der Waals surface area contributed by atoms with Crippen molar-refractivity contribution in [2.75, 3.05) is 33.1 Å². The van der Waals surface area contributed by atoms with Crippen molar-refractivity contribution in [2.45, 2.75) is 0 Å². The van der Waals surface area contributed by atoms with E-state index in [4.69, 9.17) is 0 Å². The van der Waals surface area contributed by atoms with Gasteiger partial charge in [0.15, 0.2) is 13.3 Å². The van der Waals surface area contributed by atoms with Crippen LogP contribution in [0.5, 0.6) is 0 Å². The van der Waals surface area contributed by atoms with Crippen LogP contribution < -0.4 is 43.8 Å². The number of hydrogen-bond donors (Lipinski definition) is 2. The van der Waals surface area contributed by atoms with Crippen molar-refractivity contribution in [3.63, 3.8) is 0 Å². The van der Waals surface area contributed by atoms with Crippen LogP contribution in [-0.2, 0) is 0 Å². The molecular formula is C13H22Br2N4. The lowest BCUT2D eigenvalue weighted by molar-refractivity contribution is -1.04. The molecule has 19 heavy (non-hydrogen) atoms. The first-order valence-corrected chi connectivity index (χ1v) is 6.07. The van der Waals surface area contributed by atoms with Gasteiger partial charge in [-0.05, 0) is 0 Å². The second-order valence-corrected chi connectivity index (χ2v) is 4.56. The molecule has 2 aliphatic heterocycles. The third-order valence-corrected chi connectivity index (χ3v) is 3.04. The van der Waals surface area contributed by atoms with Gasteiger partial charge in [-0.3, -0.25) is 0 Å². The third kappa shape index (κ3) is 5.52. The van der Waals surface area contributed by atoms with Gasteiger partial charge in [-0.25, -0.2) is 9.80 Å². The quantitative estimate of drug-likeness (QED) is 0.436. The van der Waals surface area contributed by atoms with Crippen LogP contribution in [0.1, 0.15) is 0 Å². The molecular weight excluding hydrogens is 372 g/mol. The predicted molar refractivity (Wildman–Crippen MR) is 68.6 cm³/mol. The van der Waals surface area contributed by atoms with Crippen molar-refractivity contribution in [1.29, 1.82) is 0 Å². The second kappa shape index (κ2) is 9.36. The number of rotatable bonds is 6. The van der Waals surface area contributed by atoms with Crippen molar-refractivity contribution in [2.24, 2.45) is 0 Å². The molecule has 2 heterocycles. The fourth-order valence-electron chi connectivity index (χ4n) is 2.26. The summed E-state index contributed by atoms with van der Waals surface area (Å²) >= 11 is 0. The Bertz CT molecular complexity index is 312. The van der Waals surface area contributed by atoms with E-state index in [2.05, 4.69) is 47.8 Å². The van der Waals surface area contributed by atoms with E-state index in [0.717, 1.165) is 33.1 Å². The Morgan fingerprint density at radius 1 is 0.895 bits per heavy atom. The van der Waals surface area contributed by atoms with Gasteiger partial charge in [0, 0.05) is 13.1 Å². The monoisotopic (exact) mass is 392 g/mol. The van der Waals surface area contributed by atoms with Crippen LogP contribution >= 0.6 is 0 Å². The molecule has 6 heteroatoms. The van der Waals surface area contributed by atoms with Gasteiger partial charge >= 0.3 is 0 Å². The number of halogens is 2. The zero-order valence-corrected chi connectivity index (χ0v) is 14.2. The third-order valence-electron chi connectivity index (χ3n) is 3.04. The molecule has 0 saturated heterocycles. The van der Waals surface area contributed by atoms with Gasteiger partial charge in [0.2, 0.25) is 6.67 Å². The fourth-order valence-corrected chi connectivity index (χ4v) is 2.26. The summed E-state index contributed by atoms with van der Waals surface area (Å²) in [4.78, 5) is 7.55. The minimum Gasteiger partial charge on any atom is -1.00 e. The maximum atomic E-state index is 3.77. The highest BCUT2D eigenvalue weighted by molar-refractivity contribution is 4.85. The van der Waals surface area contributed by atoms with Gasteiger partial charge in [-0.2, -0.15) is 0 Å². The highest BCUT2D eigenvalue weighted by Gasteiger charge is 2.23. The minimum absolute atomic E-state index is 0. The van der Waals surface area contributed by atoms with E-state index in [0.29, 0.717) is 0 Å². The molecule has 108 valence electrons. The van der Waals surface area contributed by atoms with Crippen LogP contribution in [0, 0.1) is 0 Å². The number of nitrogens with one attached hydrogen (secondary N) is 2. The van der Waals surface area contributed by atoms with E-state index in [9.17, 15) is 0 Å². The van der Waals surface area contributed by atoms with Gasteiger partial charge in [0.1, 0.15) is 12.4 Å². The Labute approximate surface area is 136 Å². The topological polar surface area (TPSA) is 15.4 Å².